The normalized spacial score (nSPS) is 18.8. The van der Waals surface area contributed by atoms with Gasteiger partial charge in [-0.25, -0.2) is 0 Å². The Labute approximate surface area is 202 Å². The molecule has 0 bridgehead atoms. The molecule has 0 fully saturated rings. The highest BCUT2D eigenvalue weighted by Crippen LogP contribution is 2.50. The van der Waals surface area contributed by atoms with Gasteiger partial charge in [-0.15, -0.1) is 23.1 Å². The van der Waals surface area contributed by atoms with Gasteiger partial charge in [0.25, 0.3) is 0 Å². The van der Waals surface area contributed by atoms with Gasteiger partial charge in [0.2, 0.25) is 0 Å². The summed E-state index contributed by atoms with van der Waals surface area (Å²) in [5.74, 6) is 1.02. The zero-order valence-corrected chi connectivity index (χ0v) is 20.9. The van der Waals surface area contributed by atoms with Crippen LogP contribution in [0.2, 0.25) is 5.02 Å². The van der Waals surface area contributed by atoms with Crippen LogP contribution in [0.15, 0.2) is 51.1 Å². The summed E-state index contributed by atoms with van der Waals surface area (Å²) in [6.07, 6.45) is 2.93. The predicted octanol–water partition coefficient (Wildman–Crippen LogP) is 6.69. The van der Waals surface area contributed by atoms with E-state index in [1.165, 1.54) is 9.09 Å². The number of nitriles is 1. The molecule has 1 atom stereocenters. The predicted molar refractivity (Wildman–Crippen MR) is 134 cm³/mol. The largest absolute Gasteiger partial charge is 0.384 e. The molecule has 4 nitrogen and oxygen atoms in total. The lowest BCUT2D eigenvalue weighted by atomic mass is 9.76. The molecule has 2 aliphatic rings. The standard InChI is InChI=1S/C25H26ClN3OS2/c1-4-16-12-17(25(32-16)31-5-2)22-18(13-27)24(28)29(15-10-9-14(3)19(26)11-15)20-7-6-8-21(30)23(20)22/h9-12,22H,4-8,28H2,1-3H3/t22-/m1/s1. The van der Waals surface area contributed by atoms with Gasteiger partial charge in [-0.1, -0.05) is 31.5 Å². The van der Waals surface area contributed by atoms with Crippen LogP contribution in [0.4, 0.5) is 5.69 Å². The number of aryl methyl sites for hydroxylation is 2. The number of carbonyl (C=O) groups excluding carboxylic acids is 1. The lowest BCUT2D eigenvalue weighted by molar-refractivity contribution is -0.116. The molecule has 7 heteroatoms. The molecule has 166 valence electrons. The molecule has 2 aromatic rings. The third-order valence-electron chi connectivity index (χ3n) is 6.04. The third kappa shape index (κ3) is 3.87. The van der Waals surface area contributed by atoms with E-state index >= 15 is 0 Å². The number of nitrogens with zero attached hydrogens (tertiary/aromatic N) is 2. The summed E-state index contributed by atoms with van der Waals surface area (Å²) >= 11 is 9.95. The molecule has 0 saturated heterocycles. The molecule has 1 aliphatic carbocycles. The van der Waals surface area contributed by atoms with Gasteiger partial charge in [0.1, 0.15) is 5.82 Å². The minimum Gasteiger partial charge on any atom is -0.384 e. The Morgan fingerprint density at radius 3 is 2.75 bits per heavy atom. The molecule has 0 spiro atoms. The number of nitrogens with two attached hydrogens (primary N) is 1. The average Bonchev–Trinajstić information content (AvgIpc) is 3.18. The number of thiophene rings is 1. The Morgan fingerprint density at radius 2 is 2.09 bits per heavy atom. The van der Waals surface area contributed by atoms with Gasteiger partial charge >= 0.3 is 0 Å². The first-order valence-electron chi connectivity index (χ1n) is 10.9. The molecule has 1 aliphatic heterocycles. The number of ketones is 1. The maximum atomic E-state index is 13.3. The molecule has 0 saturated carbocycles. The minimum atomic E-state index is -0.412. The van der Waals surface area contributed by atoms with E-state index in [1.54, 1.807) is 23.1 Å². The molecule has 2 heterocycles. The van der Waals surface area contributed by atoms with Gasteiger partial charge < -0.3 is 5.73 Å². The van der Waals surface area contributed by atoms with Crippen molar-refractivity contribution >= 4 is 46.2 Å². The summed E-state index contributed by atoms with van der Waals surface area (Å²) in [6.45, 7) is 6.20. The molecule has 1 aromatic carbocycles. The van der Waals surface area contributed by atoms with E-state index in [-0.39, 0.29) is 5.78 Å². The Bertz CT molecular complexity index is 1190. The second-order valence-corrected chi connectivity index (χ2v) is 11.1. The quantitative estimate of drug-likeness (QED) is 0.479. The van der Waals surface area contributed by atoms with Crippen molar-refractivity contribution in [2.24, 2.45) is 5.73 Å². The SMILES string of the molecule is CCSc1sc(CC)cc1[C@@H]1C(C#N)=C(N)N(c2ccc(C)c(Cl)c2)C2=C1C(=O)CCC2. The number of halogens is 1. The Morgan fingerprint density at radius 1 is 1.31 bits per heavy atom. The fourth-order valence-corrected chi connectivity index (χ4v) is 7.03. The number of benzene rings is 1. The molecule has 1 aromatic heterocycles. The van der Waals surface area contributed by atoms with Crippen molar-refractivity contribution in [3.05, 3.63) is 68.0 Å². The van der Waals surface area contributed by atoms with Crippen LogP contribution < -0.4 is 10.6 Å². The van der Waals surface area contributed by atoms with E-state index in [4.69, 9.17) is 17.3 Å². The number of carbonyl (C=O) groups is 1. The van der Waals surface area contributed by atoms with Crippen LogP contribution in [-0.2, 0) is 11.2 Å². The van der Waals surface area contributed by atoms with Gasteiger partial charge in [0.05, 0.1) is 21.8 Å². The highest BCUT2D eigenvalue weighted by molar-refractivity contribution is 8.01. The number of hydrogen-bond acceptors (Lipinski definition) is 6. The molecule has 0 amide bonds. The first kappa shape index (κ1) is 23.0. The molecule has 2 N–H and O–H groups in total. The van der Waals surface area contributed by atoms with Crippen LogP contribution in [0, 0.1) is 18.3 Å². The summed E-state index contributed by atoms with van der Waals surface area (Å²) in [5.41, 5.74) is 11.5. The van der Waals surface area contributed by atoms with Crippen molar-refractivity contribution < 1.29 is 4.79 Å². The molecular weight excluding hydrogens is 458 g/mol. The first-order chi connectivity index (χ1) is 15.4. The Balaban J connectivity index is 1.97. The van der Waals surface area contributed by atoms with Crippen LogP contribution in [-0.4, -0.2) is 11.5 Å². The molecular formula is C25H26ClN3OS2. The van der Waals surface area contributed by atoms with Crippen LogP contribution >= 0.6 is 34.7 Å². The van der Waals surface area contributed by atoms with Gasteiger partial charge in [-0.2, -0.15) is 5.26 Å². The lowest BCUT2D eigenvalue weighted by Gasteiger charge is -2.39. The highest BCUT2D eigenvalue weighted by atomic mass is 35.5. The summed E-state index contributed by atoms with van der Waals surface area (Å²) in [5, 5.41) is 10.9. The number of thioether (sulfide) groups is 1. The zero-order chi connectivity index (χ0) is 23.0. The van der Waals surface area contributed by atoms with Gasteiger partial charge in [-0.05, 0) is 61.3 Å². The van der Waals surface area contributed by atoms with Crippen molar-refractivity contribution in [3.63, 3.8) is 0 Å². The van der Waals surface area contributed by atoms with Gasteiger partial charge in [0, 0.05) is 33.3 Å². The minimum absolute atomic E-state index is 0.108. The summed E-state index contributed by atoms with van der Waals surface area (Å²) in [6, 6.07) is 10.3. The lowest BCUT2D eigenvalue weighted by Crippen LogP contribution is -2.38. The summed E-state index contributed by atoms with van der Waals surface area (Å²) in [4.78, 5) is 16.5. The first-order valence-corrected chi connectivity index (χ1v) is 13.1. The fourth-order valence-electron chi connectivity index (χ4n) is 4.47. The highest BCUT2D eigenvalue weighted by Gasteiger charge is 2.41. The van der Waals surface area contributed by atoms with Crippen molar-refractivity contribution in [3.8, 4) is 6.07 Å². The monoisotopic (exact) mass is 483 g/mol. The van der Waals surface area contributed by atoms with Crippen LogP contribution in [0.1, 0.15) is 55.0 Å². The van der Waals surface area contributed by atoms with E-state index < -0.39 is 5.92 Å². The van der Waals surface area contributed by atoms with Gasteiger partial charge in [0.15, 0.2) is 5.78 Å². The fraction of sp³-hybridized carbons (Fsp3) is 0.360. The van der Waals surface area contributed by atoms with Crippen LogP contribution in [0.5, 0.6) is 0 Å². The number of allylic oxidation sites excluding steroid dienone is 3. The molecule has 0 radical (unpaired) electrons. The van der Waals surface area contributed by atoms with Crippen molar-refractivity contribution in [2.45, 2.75) is 56.6 Å². The second-order valence-electron chi connectivity index (χ2n) is 7.99. The molecule has 32 heavy (non-hydrogen) atoms. The van der Waals surface area contributed by atoms with Crippen LogP contribution in [0.3, 0.4) is 0 Å². The van der Waals surface area contributed by atoms with E-state index in [0.717, 1.165) is 53.1 Å². The Kier molecular flexibility index (Phi) is 6.71. The topological polar surface area (TPSA) is 70.1 Å². The number of rotatable bonds is 5. The smallest absolute Gasteiger partial charge is 0.161 e. The van der Waals surface area contributed by atoms with E-state index in [2.05, 4.69) is 26.0 Å². The number of Topliss-reactive ketones (excluding diaryl/α,β-unsaturated/α-hetero) is 1. The molecule has 0 unspecified atom stereocenters. The summed E-state index contributed by atoms with van der Waals surface area (Å²) in [7, 11) is 0. The maximum absolute atomic E-state index is 13.3. The van der Waals surface area contributed by atoms with Crippen molar-refractivity contribution in [1.29, 1.82) is 5.26 Å². The maximum Gasteiger partial charge on any atom is 0.161 e. The average molecular weight is 484 g/mol. The van der Waals surface area contributed by atoms with E-state index in [9.17, 15) is 10.1 Å². The second kappa shape index (κ2) is 9.35. The zero-order valence-electron chi connectivity index (χ0n) is 18.5. The van der Waals surface area contributed by atoms with Crippen molar-refractivity contribution in [2.75, 3.05) is 10.7 Å². The van der Waals surface area contributed by atoms with Crippen LogP contribution in [0.25, 0.3) is 0 Å². The van der Waals surface area contributed by atoms with Gasteiger partial charge in [-0.3, -0.25) is 9.69 Å². The Hall–Kier alpha value is -2.20. The molecule has 4 rings (SSSR count). The number of hydrogen-bond donors (Lipinski definition) is 1. The van der Waals surface area contributed by atoms with E-state index in [0.29, 0.717) is 22.8 Å². The number of anilines is 1. The van der Waals surface area contributed by atoms with Crippen molar-refractivity contribution in [1.82, 2.24) is 0 Å². The third-order valence-corrected chi connectivity index (χ3v) is 8.92. The summed E-state index contributed by atoms with van der Waals surface area (Å²) < 4.78 is 1.17. The van der Waals surface area contributed by atoms with E-state index in [1.807, 2.05) is 30.0 Å².